The van der Waals surface area contributed by atoms with E-state index in [0.29, 0.717) is 25.4 Å². The number of amides is 1. The number of aromatic hydroxyl groups is 1. The van der Waals surface area contributed by atoms with E-state index in [1.165, 1.54) is 16.0 Å². The lowest BCUT2D eigenvalue weighted by atomic mass is 9.87. The average molecular weight is 524 g/mol. The molecule has 0 aliphatic heterocycles. The van der Waals surface area contributed by atoms with E-state index in [2.05, 4.69) is 34.7 Å². The lowest BCUT2D eigenvalue weighted by molar-refractivity contribution is -0.123. The van der Waals surface area contributed by atoms with Gasteiger partial charge in [0.25, 0.3) is 0 Å². The number of nitrogens with zero attached hydrogens (tertiary/aromatic N) is 2. The number of ether oxygens (including phenoxy) is 1. The Kier molecular flexibility index (Phi) is 8.08. The molecule has 1 aliphatic rings. The first-order valence-corrected chi connectivity index (χ1v) is 13.2. The first kappa shape index (κ1) is 26.3. The molecule has 2 N–H and O–H groups in total. The summed E-state index contributed by atoms with van der Waals surface area (Å²) in [6.07, 6.45) is 7.94. The molecule has 0 saturated carbocycles. The van der Waals surface area contributed by atoms with E-state index < -0.39 is 0 Å². The molecule has 1 aliphatic carbocycles. The minimum absolute atomic E-state index is 0.0291. The Labute approximate surface area is 228 Å². The second-order valence-corrected chi connectivity index (χ2v) is 9.84. The molecular weight excluding hydrogens is 490 g/mol. The molecule has 1 aromatic heterocycles. The molecule has 5 rings (SSSR count). The predicted octanol–water partition coefficient (Wildman–Crippen LogP) is 5.44. The maximum absolute atomic E-state index is 11.6. The molecule has 0 fully saturated rings. The molecule has 4 aromatic rings. The van der Waals surface area contributed by atoms with Gasteiger partial charge in [0.05, 0.1) is 6.20 Å². The molecule has 39 heavy (non-hydrogen) atoms. The highest BCUT2D eigenvalue weighted by molar-refractivity contribution is 6.01. The van der Waals surface area contributed by atoms with Gasteiger partial charge >= 0.3 is 0 Å². The summed E-state index contributed by atoms with van der Waals surface area (Å²) in [6, 6.07) is 20.1. The van der Waals surface area contributed by atoms with Crippen molar-refractivity contribution in [1.82, 2.24) is 15.4 Å². The number of rotatable bonds is 9. The van der Waals surface area contributed by atoms with Crippen LogP contribution in [-0.4, -0.2) is 54.9 Å². The summed E-state index contributed by atoms with van der Waals surface area (Å²) < 4.78 is 11.3. The van der Waals surface area contributed by atoms with Gasteiger partial charge in [-0.1, -0.05) is 35.5 Å². The van der Waals surface area contributed by atoms with Gasteiger partial charge in [0.2, 0.25) is 5.91 Å². The van der Waals surface area contributed by atoms with Gasteiger partial charge in [-0.2, -0.15) is 0 Å². The van der Waals surface area contributed by atoms with Crippen LogP contribution in [0.15, 0.2) is 83.5 Å². The number of likely N-dealkylation sites (N-methyl/N-ethyl adjacent to an activating group) is 1. The van der Waals surface area contributed by atoms with Crippen LogP contribution >= 0.6 is 0 Å². The smallest absolute Gasteiger partial charge is 0.245 e. The van der Waals surface area contributed by atoms with Crippen LogP contribution in [-0.2, 0) is 11.2 Å². The maximum atomic E-state index is 11.6. The zero-order chi connectivity index (χ0) is 27.2. The number of carbonyl (C=O) groups excluding carboxylic acids is 1. The van der Waals surface area contributed by atoms with Crippen molar-refractivity contribution < 1.29 is 19.2 Å². The summed E-state index contributed by atoms with van der Waals surface area (Å²) in [5.41, 5.74) is 7.75. The van der Waals surface area contributed by atoms with Crippen molar-refractivity contribution in [2.75, 3.05) is 33.8 Å². The number of benzene rings is 3. The van der Waals surface area contributed by atoms with E-state index in [1.54, 1.807) is 32.4 Å². The van der Waals surface area contributed by atoms with E-state index in [1.807, 2.05) is 36.4 Å². The number of allylic oxidation sites excluding steroid dienone is 1. The van der Waals surface area contributed by atoms with E-state index in [-0.39, 0.29) is 5.91 Å². The van der Waals surface area contributed by atoms with Gasteiger partial charge in [-0.25, -0.2) is 0 Å². The molecule has 0 bridgehead atoms. The third-order valence-corrected chi connectivity index (χ3v) is 6.89. The lowest BCUT2D eigenvalue weighted by Crippen LogP contribution is -2.22. The fourth-order valence-electron chi connectivity index (χ4n) is 4.91. The molecule has 0 atom stereocenters. The van der Waals surface area contributed by atoms with Crippen LogP contribution < -0.4 is 10.1 Å². The molecule has 7 nitrogen and oxygen atoms in total. The molecule has 0 radical (unpaired) electrons. The third-order valence-electron chi connectivity index (χ3n) is 6.89. The molecule has 0 spiro atoms. The predicted molar refractivity (Wildman–Crippen MR) is 154 cm³/mol. The van der Waals surface area contributed by atoms with Crippen molar-refractivity contribution in [2.24, 2.45) is 0 Å². The van der Waals surface area contributed by atoms with Crippen LogP contribution in [0.2, 0.25) is 0 Å². The Hall–Kier alpha value is -4.36. The molecule has 1 heterocycles. The molecule has 0 unspecified atom stereocenters. The number of phenolic OH excluding ortho intramolecular Hbond substituents is 1. The van der Waals surface area contributed by atoms with Crippen LogP contribution in [0.1, 0.15) is 35.1 Å². The number of carbonyl (C=O) groups is 1. The van der Waals surface area contributed by atoms with Gasteiger partial charge < -0.3 is 24.6 Å². The number of fused-ring (bicyclic) bond motifs is 2. The van der Waals surface area contributed by atoms with Gasteiger partial charge in [-0.15, -0.1) is 0 Å². The molecular formula is C32H33N3O4. The van der Waals surface area contributed by atoms with Crippen molar-refractivity contribution in [1.29, 1.82) is 0 Å². The number of aryl methyl sites for hydroxylation is 1. The maximum Gasteiger partial charge on any atom is 0.245 e. The summed E-state index contributed by atoms with van der Waals surface area (Å²) in [5, 5.41) is 18.3. The standard InChI is InChI=1S/C32H33N3O4/c1-35(2)31(37)7-4-16-33-17-18-38-27-12-8-22(9-13-27)32-28(24-10-15-30-25(19-24)21-34-39-30)6-3-5-23-20-26(36)11-14-29(23)32/h4,7-15,19-21,33,36H,3,5-6,16-18H2,1-2H3/b7-4+. The van der Waals surface area contributed by atoms with Crippen LogP contribution in [0.5, 0.6) is 11.5 Å². The normalized spacial score (nSPS) is 13.5. The lowest BCUT2D eigenvalue weighted by Gasteiger charge is -2.17. The van der Waals surface area contributed by atoms with Crippen LogP contribution in [0.4, 0.5) is 0 Å². The van der Waals surface area contributed by atoms with Crippen LogP contribution in [0, 0.1) is 0 Å². The summed E-state index contributed by atoms with van der Waals surface area (Å²) >= 11 is 0. The Bertz CT molecular complexity index is 1520. The topological polar surface area (TPSA) is 87.8 Å². The zero-order valence-corrected chi connectivity index (χ0v) is 22.3. The van der Waals surface area contributed by atoms with Gasteiger partial charge in [0.1, 0.15) is 18.1 Å². The largest absolute Gasteiger partial charge is 0.508 e. The number of hydrogen-bond acceptors (Lipinski definition) is 6. The quantitative estimate of drug-likeness (QED) is 0.224. The van der Waals surface area contributed by atoms with Gasteiger partial charge in [-0.05, 0) is 89.1 Å². The Morgan fingerprint density at radius 2 is 1.90 bits per heavy atom. The van der Waals surface area contributed by atoms with Crippen LogP contribution in [0.3, 0.4) is 0 Å². The Morgan fingerprint density at radius 1 is 1.08 bits per heavy atom. The van der Waals surface area contributed by atoms with E-state index in [0.717, 1.165) is 58.2 Å². The fraction of sp³-hybridized carbons (Fsp3) is 0.250. The summed E-state index contributed by atoms with van der Waals surface area (Å²) in [4.78, 5) is 13.1. The van der Waals surface area contributed by atoms with Crippen molar-refractivity contribution in [3.8, 4) is 11.5 Å². The molecule has 200 valence electrons. The van der Waals surface area contributed by atoms with E-state index in [9.17, 15) is 9.90 Å². The number of aromatic nitrogens is 1. The van der Waals surface area contributed by atoms with Crippen molar-refractivity contribution >= 4 is 28.0 Å². The summed E-state index contributed by atoms with van der Waals surface area (Å²) in [5.74, 6) is 1.06. The number of phenols is 1. The molecule has 1 amide bonds. The highest BCUT2D eigenvalue weighted by atomic mass is 16.5. The van der Waals surface area contributed by atoms with Gasteiger partial charge in [-0.3, -0.25) is 4.79 Å². The first-order valence-electron chi connectivity index (χ1n) is 13.2. The summed E-state index contributed by atoms with van der Waals surface area (Å²) in [7, 11) is 3.46. The SMILES string of the molecule is CN(C)C(=O)/C=C/CNCCOc1ccc(C2=C(c3ccc4oncc4c3)CCCc3cc(O)ccc32)cc1. The molecule has 0 saturated heterocycles. The third kappa shape index (κ3) is 6.21. The van der Waals surface area contributed by atoms with Gasteiger partial charge in [0, 0.05) is 38.6 Å². The highest BCUT2D eigenvalue weighted by Crippen LogP contribution is 2.41. The zero-order valence-electron chi connectivity index (χ0n) is 22.3. The second kappa shape index (κ2) is 12.0. The highest BCUT2D eigenvalue weighted by Gasteiger charge is 2.21. The van der Waals surface area contributed by atoms with Crippen molar-refractivity contribution in [3.05, 3.63) is 101 Å². The number of hydrogen-bond donors (Lipinski definition) is 2. The minimum atomic E-state index is -0.0291. The van der Waals surface area contributed by atoms with Crippen LogP contribution in [0.25, 0.3) is 22.1 Å². The second-order valence-electron chi connectivity index (χ2n) is 9.84. The first-order chi connectivity index (χ1) is 19.0. The fourth-order valence-corrected chi connectivity index (χ4v) is 4.91. The van der Waals surface area contributed by atoms with E-state index in [4.69, 9.17) is 9.26 Å². The molecule has 3 aromatic carbocycles. The summed E-state index contributed by atoms with van der Waals surface area (Å²) in [6.45, 7) is 1.79. The van der Waals surface area contributed by atoms with Gasteiger partial charge in [0.15, 0.2) is 5.58 Å². The molecule has 7 heteroatoms. The van der Waals surface area contributed by atoms with E-state index >= 15 is 0 Å². The Balaban J connectivity index is 1.36. The van der Waals surface area contributed by atoms with Crippen molar-refractivity contribution in [2.45, 2.75) is 19.3 Å². The van der Waals surface area contributed by atoms with Crippen molar-refractivity contribution in [3.63, 3.8) is 0 Å². The Morgan fingerprint density at radius 3 is 2.72 bits per heavy atom. The average Bonchev–Trinajstić information content (AvgIpc) is 3.33. The number of nitrogens with one attached hydrogen (secondary N) is 1. The monoisotopic (exact) mass is 523 g/mol. The minimum Gasteiger partial charge on any atom is -0.508 e.